The number of ether oxygens (including phenoxy) is 2. The topological polar surface area (TPSA) is 73.6 Å². The van der Waals surface area contributed by atoms with Crippen molar-refractivity contribution in [2.45, 2.75) is 19.3 Å². The molecule has 1 unspecified atom stereocenters. The molecule has 0 amide bonds. The van der Waals surface area contributed by atoms with Gasteiger partial charge in [-0.05, 0) is 37.0 Å². The normalized spacial score (nSPS) is 16.9. The molecule has 0 aliphatic heterocycles. The first-order chi connectivity index (χ1) is 10.6. The summed E-state index contributed by atoms with van der Waals surface area (Å²) in [5.41, 5.74) is 2.77. The van der Waals surface area contributed by atoms with Gasteiger partial charge in [0.05, 0.1) is 25.8 Å². The molecule has 1 aromatic heterocycles. The van der Waals surface area contributed by atoms with E-state index in [1.54, 1.807) is 25.0 Å². The van der Waals surface area contributed by atoms with Crippen LogP contribution in [0, 0.1) is 5.92 Å². The molecule has 0 radical (unpaired) electrons. The predicted octanol–water partition coefficient (Wildman–Crippen LogP) is 2.08. The molecule has 1 aliphatic rings. The van der Waals surface area contributed by atoms with Gasteiger partial charge in [0.1, 0.15) is 17.2 Å². The third-order valence-electron chi connectivity index (χ3n) is 4.06. The van der Waals surface area contributed by atoms with Crippen LogP contribution in [-0.2, 0) is 17.6 Å². The first-order valence-electron chi connectivity index (χ1n) is 7.15. The number of aryl methyl sites for hydroxylation is 1. The first-order valence-corrected chi connectivity index (χ1v) is 7.15. The van der Waals surface area contributed by atoms with Gasteiger partial charge in [-0.3, -0.25) is 4.79 Å². The highest BCUT2D eigenvalue weighted by Gasteiger charge is 2.27. The maximum atomic E-state index is 11.2. The summed E-state index contributed by atoms with van der Waals surface area (Å²) in [5.74, 6) is 0.320. The molecule has 0 saturated heterocycles. The van der Waals surface area contributed by atoms with Gasteiger partial charge in [0.2, 0.25) is 0 Å². The van der Waals surface area contributed by atoms with Gasteiger partial charge >= 0.3 is 5.97 Å². The highest BCUT2D eigenvalue weighted by Crippen LogP contribution is 2.30. The summed E-state index contributed by atoms with van der Waals surface area (Å²) in [7, 11) is 3.20. The summed E-state index contributed by atoms with van der Waals surface area (Å²) in [5, 5.41) is 13.7. The molecule has 1 aliphatic carbocycles. The van der Waals surface area contributed by atoms with Gasteiger partial charge in [-0.2, -0.15) is 5.10 Å². The number of carbonyl (C=O) groups is 1. The summed E-state index contributed by atoms with van der Waals surface area (Å²) >= 11 is 0. The molecule has 0 spiro atoms. The van der Waals surface area contributed by atoms with Gasteiger partial charge < -0.3 is 14.6 Å². The molecule has 2 aromatic rings. The van der Waals surface area contributed by atoms with E-state index in [-0.39, 0.29) is 5.92 Å². The minimum absolute atomic E-state index is 0.317. The number of hydrogen-bond donors (Lipinski definition) is 1. The van der Waals surface area contributed by atoms with Gasteiger partial charge in [0.25, 0.3) is 0 Å². The van der Waals surface area contributed by atoms with Crippen molar-refractivity contribution in [3.05, 3.63) is 35.7 Å². The van der Waals surface area contributed by atoms with Crippen molar-refractivity contribution in [3.63, 3.8) is 0 Å². The van der Waals surface area contributed by atoms with Crippen molar-refractivity contribution in [1.82, 2.24) is 9.78 Å². The van der Waals surface area contributed by atoms with Gasteiger partial charge in [-0.25, -0.2) is 4.68 Å². The number of carboxylic acid groups (broad SMARTS) is 1. The lowest BCUT2D eigenvalue weighted by Crippen LogP contribution is -2.21. The zero-order chi connectivity index (χ0) is 15.7. The smallest absolute Gasteiger partial charge is 0.306 e. The Morgan fingerprint density at radius 2 is 2.18 bits per heavy atom. The van der Waals surface area contributed by atoms with E-state index in [9.17, 15) is 4.79 Å². The molecule has 1 heterocycles. The number of hydrogen-bond acceptors (Lipinski definition) is 4. The zero-order valence-corrected chi connectivity index (χ0v) is 12.6. The highest BCUT2D eigenvalue weighted by molar-refractivity contribution is 5.71. The van der Waals surface area contributed by atoms with Gasteiger partial charge in [0.15, 0.2) is 0 Å². The van der Waals surface area contributed by atoms with Crippen molar-refractivity contribution < 1.29 is 19.4 Å². The lowest BCUT2D eigenvalue weighted by molar-refractivity contribution is -0.142. The number of aliphatic carboxylic acids is 1. The second-order valence-corrected chi connectivity index (χ2v) is 5.36. The van der Waals surface area contributed by atoms with Crippen LogP contribution in [0.1, 0.15) is 17.7 Å². The zero-order valence-electron chi connectivity index (χ0n) is 12.6. The van der Waals surface area contributed by atoms with Gasteiger partial charge in [-0.1, -0.05) is 0 Å². The molecular formula is C16H18N2O4. The van der Waals surface area contributed by atoms with Crippen LogP contribution in [0.25, 0.3) is 5.69 Å². The SMILES string of the molecule is COc1ccc(-n2cc3c(n2)CCC(C(=O)O)C3)c(OC)c1. The molecule has 0 fully saturated rings. The summed E-state index contributed by atoms with van der Waals surface area (Å²) in [6.07, 6.45) is 3.76. The largest absolute Gasteiger partial charge is 0.497 e. The Morgan fingerprint density at radius 3 is 2.86 bits per heavy atom. The van der Waals surface area contributed by atoms with Crippen molar-refractivity contribution in [2.24, 2.45) is 5.92 Å². The predicted molar refractivity (Wildman–Crippen MR) is 79.8 cm³/mol. The van der Waals surface area contributed by atoms with E-state index in [0.717, 1.165) is 16.9 Å². The number of fused-ring (bicyclic) bond motifs is 1. The second kappa shape index (κ2) is 5.71. The molecule has 0 bridgehead atoms. The molecule has 116 valence electrons. The molecular weight excluding hydrogens is 284 g/mol. The minimum atomic E-state index is -0.736. The van der Waals surface area contributed by atoms with Crippen molar-refractivity contribution in [1.29, 1.82) is 0 Å². The van der Waals surface area contributed by atoms with Crippen LogP contribution in [0.5, 0.6) is 11.5 Å². The maximum Gasteiger partial charge on any atom is 0.306 e. The fourth-order valence-electron chi connectivity index (χ4n) is 2.81. The van der Waals surface area contributed by atoms with Crippen LogP contribution in [0.15, 0.2) is 24.4 Å². The van der Waals surface area contributed by atoms with E-state index in [0.29, 0.717) is 30.8 Å². The van der Waals surface area contributed by atoms with Crippen LogP contribution < -0.4 is 9.47 Å². The van der Waals surface area contributed by atoms with Crippen LogP contribution in [0.3, 0.4) is 0 Å². The lowest BCUT2D eigenvalue weighted by atomic mass is 9.88. The Morgan fingerprint density at radius 1 is 1.36 bits per heavy atom. The van der Waals surface area contributed by atoms with Crippen LogP contribution >= 0.6 is 0 Å². The van der Waals surface area contributed by atoms with E-state index in [4.69, 9.17) is 14.6 Å². The summed E-state index contributed by atoms with van der Waals surface area (Å²) < 4.78 is 12.4. The molecule has 22 heavy (non-hydrogen) atoms. The third-order valence-corrected chi connectivity index (χ3v) is 4.06. The van der Waals surface area contributed by atoms with E-state index < -0.39 is 5.97 Å². The third kappa shape index (κ3) is 2.52. The number of aromatic nitrogens is 2. The maximum absolute atomic E-state index is 11.2. The lowest BCUT2D eigenvalue weighted by Gasteiger charge is -2.16. The van der Waals surface area contributed by atoms with Crippen molar-refractivity contribution in [2.75, 3.05) is 14.2 Å². The molecule has 1 atom stereocenters. The fourth-order valence-corrected chi connectivity index (χ4v) is 2.81. The summed E-state index contributed by atoms with van der Waals surface area (Å²) in [6.45, 7) is 0. The molecule has 6 heteroatoms. The average Bonchev–Trinajstić information content (AvgIpc) is 2.96. The van der Waals surface area contributed by atoms with E-state index in [1.165, 1.54) is 0 Å². The van der Waals surface area contributed by atoms with Crippen LogP contribution in [0.4, 0.5) is 0 Å². The molecule has 6 nitrogen and oxygen atoms in total. The van der Waals surface area contributed by atoms with E-state index in [2.05, 4.69) is 5.10 Å². The van der Waals surface area contributed by atoms with Gasteiger partial charge in [-0.15, -0.1) is 0 Å². The van der Waals surface area contributed by atoms with Gasteiger partial charge in [0, 0.05) is 12.3 Å². The fraction of sp³-hybridized carbons (Fsp3) is 0.375. The Kier molecular flexibility index (Phi) is 3.75. The Hall–Kier alpha value is -2.50. The quantitative estimate of drug-likeness (QED) is 0.936. The molecule has 1 aromatic carbocycles. The van der Waals surface area contributed by atoms with Crippen molar-refractivity contribution >= 4 is 5.97 Å². The number of nitrogens with zero attached hydrogens (tertiary/aromatic N) is 2. The minimum Gasteiger partial charge on any atom is -0.497 e. The highest BCUT2D eigenvalue weighted by atomic mass is 16.5. The molecule has 0 saturated carbocycles. The number of methoxy groups -OCH3 is 2. The first kappa shape index (κ1) is 14.4. The average molecular weight is 302 g/mol. The Balaban J connectivity index is 1.96. The van der Waals surface area contributed by atoms with E-state index in [1.807, 2.05) is 18.3 Å². The number of rotatable bonds is 4. The standard InChI is InChI=1S/C16H18N2O4/c1-21-12-4-6-14(15(8-12)22-2)18-9-11-7-10(16(19)20)3-5-13(11)17-18/h4,6,8-10H,3,5,7H2,1-2H3,(H,19,20). The second-order valence-electron chi connectivity index (χ2n) is 5.36. The van der Waals surface area contributed by atoms with Crippen LogP contribution in [0.2, 0.25) is 0 Å². The number of carboxylic acids is 1. The summed E-state index contributed by atoms with van der Waals surface area (Å²) in [6, 6.07) is 5.53. The van der Waals surface area contributed by atoms with Crippen LogP contribution in [-0.4, -0.2) is 35.1 Å². The Bertz CT molecular complexity index is 708. The molecule has 1 N–H and O–H groups in total. The summed E-state index contributed by atoms with van der Waals surface area (Å²) in [4.78, 5) is 11.2. The van der Waals surface area contributed by atoms with E-state index >= 15 is 0 Å². The monoisotopic (exact) mass is 302 g/mol. The number of benzene rings is 1. The Labute approximate surface area is 128 Å². The molecule has 3 rings (SSSR count). The van der Waals surface area contributed by atoms with Crippen molar-refractivity contribution in [3.8, 4) is 17.2 Å².